The molecule has 3 unspecified atom stereocenters. The molecule has 15 heteroatoms. The minimum absolute atomic E-state index is 0.152. The summed E-state index contributed by atoms with van der Waals surface area (Å²) >= 11 is 5.13. The van der Waals surface area contributed by atoms with Gasteiger partial charge in [0, 0.05) is 26.5 Å². The third-order valence-corrected chi connectivity index (χ3v) is 9.96. The number of hydrogen-bond acceptors (Lipinski definition) is 7. The number of thiazole rings is 1. The highest BCUT2D eigenvalue weighted by molar-refractivity contribution is 9.10. The summed E-state index contributed by atoms with van der Waals surface area (Å²) < 4.78 is 61.4. The van der Waals surface area contributed by atoms with E-state index in [1.807, 2.05) is 0 Å². The van der Waals surface area contributed by atoms with Gasteiger partial charge in [-0.15, -0.1) is 0 Å². The summed E-state index contributed by atoms with van der Waals surface area (Å²) in [4.78, 5) is 56.0. The first-order chi connectivity index (χ1) is 20.9. The van der Waals surface area contributed by atoms with Gasteiger partial charge in [-0.05, 0) is 54.6 Å². The summed E-state index contributed by atoms with van der Waals surface area (Å²) in [6, 6.07) is 14.2. The monoisotopic (exact) mass is 707 g/mol. The first-order valence-electron chi connectivity index (χ1n) is 12.8. The van der Waals surface area contributed by atoms with Gasteiger partial charge in [-0.1, -0.05) is 51.2 Å². The van der Waals surface area contributed by atoms with Crippen molar-refractivity contribution in [2.24, 2.45) is 5.92 Å². The molecule has 2 N–H and O–H groups in total. The molecule has 3 amide bonds. The van der Waals surface area contributed by atoms with Crippen LogP contribution in [-0.2, 0) is 20.6 Å². The van der Waals surface area contributed by atoms with Gasteiger partial charge in [0.2, 0.25) is 11.8 Å². The van der Waals surface area contributed by atoms with Crippen LogP contribution in [0.25, 0.3) is 0 Å². The van der Waals surface area contributed by atoms with E-state index in [0.717, 1.165) is 35.2 Å². The Bertz CT molecular complexity index is 1860. The van der Waals surface area contributed by atoms with Crippen molar-refractivity contribution in [2.75, 3.05) is 16.8 Å². The number of nitrogens with zero attached hydrogens (tertiary/aromatic N) is 1. The summed E-state index contributed by atoms with van der Waals surface area (Å²) in [5, 5.41) is 1.74. The average molecular weight is 709 g/mol. The molecule has 2 aliphatic heterocycles. The Kier molecular flexibility index (Phi) is 7.88. The fraction of sp³-hybridized carbons (Fsp3) is 0.172. The number of nitrogens with one attached hydrogen (secondary N) is 2. The Morgan fingerprint density at radius 3 is 2.48 bits per heavy atom. The fourth-order valence-corrected chi connectivity index (χ4v) is 8.15. The van der Waals surface area contributed by atoms with Crippen LogP contribution in [0.5, 0.6) is 5.75 Å². The second-order valence-corrected chi connectivity index (χ2v) is 12.9. The Morgan fingerprint density at radius 2 is 1.75 bits per heavy atom. The van der Waals surface area contributed by atoms with Crippen LogP contribution in [0.2, 0.25) is 0 Å². The minimum atomic E-state index is -4.83. The number of hydrogen-bond donors (Lipinski definition) is 2. The van der Waals surface area contributed by atoms with Crippen LogP contribution < -0.4 is 19.8 Å². The summed E-state index contributed by atoms with van der Waals surface area (Å²) in [5.41, 5.74) is -1.04. The summed E-state index contributed by atoms with van der Waals surface area (Å²) in [7, 11) is 0. The van der Waals surface area contributed by atoms with Gasteiger partial charge in [0.1, 0.15) is 16.8 Å². The van der Waals surface area contributed by atoms with E-state index in [1.54, 1.807) is 12.1 Å². The van der Waals surface area contributed by atoms with Crippen molar-refractivity contribution in [1.82, 2.24) is 4.98 Å². The van der Waals surface area contributed by atoms with Crippen molar-refractivity contribution < 1.29 is 36.7 Å². The Labute approximate surface area is 262 Å². The zero-order chi connectivity index (χ0) is 31.3. The molecule has 3 aromatic carbocycles. The van der Waals surface area contributed by atoms with Crippen molar-refractivity contribution in [1.29, 1.82) is 0 Å². The second-order valence-electron chi connectivity index (χ2n) is 9.80. The third kappa shape index (κ3) is 5.55. The number of benzene rings is 3. The Morgan fingerprint density at radius 1 is 1.02 bits per heavy atom. The third-order valence-electron chi connectivity index (χ3n) is 7.07. The quantitative estimate of drug-likeness (QED) is 0.183. The van der Waals surface area contributed by atoms with E-state index in [9.17, 15) is 36.7 Å². The largest absolute Gasteiger partial charge is 0.483 e. The van der Waals surface area contributed by atoms with Crippen LogP contribution in [0.3, 0.4) is 0 Å². The molecule has 0 radical (unpaired) electrons. The molecular formula is C29H18BrF4N3O5S2. The molecule has 226 valence electrons. The number of halogens is 5. The van der Waals surface area contributed by atoms with Crippen molar-refractivity contribution in [3.63, 3.8) is 0 Å². The zero-order valence-corrected chi connectivity index (χ0v) is 25.2. The summed E-state index contributed by atoms with van der Waals surface area (Å²) in [5.74, 6) is -4.78. The van der Waals surface area contributed by atoms with Crippen molar-refractivity contribution in [3.8, 4) is 5.75 Å². The van der Waals surface area contributed by atoms with E-state index in [-0.39, 0.29) is 5.75 Å². The summed E-state index contributed by atoms with van der Waals surface area (Å²) in [6.07, 6.45) is -4.83. The van der Waals surface area contributed by atoms with Crippen LogP contribution in [0.1, 0.15) is 21.9 Å². The highest BCUT2D eigenvalue weighted by Gasteiger charge is 2.57. The number of rotatable bonds is 6. The number of para-hydroxylation sites is 1. The van der Waals surface area contributed by atoms with E-state index in [4.69, 9.17) is 4.74 Å². The van der Waals surface area contributed by atoms with Gasteiger partial charge < -0.3 is 15.0 Å². The number of ether oxygens (including phenoxy) is 1. The van der Waals surface area contributed by atoms with Crippen LogP contribution in [0, 0.1) is 11.7 Å². The molecule has 8 nitrogen and oxygen atoms in total. The fourth-order valence-electron chi connectivity index (χ4n) is 5.27. The lowest BCUT2D eigenvalue weighted by molar-refractivity contribution is -0.137. The molecule has 0 bridgehead atoms. The predicted molar refractivity (Wildman–Crippen MR) is 159 cm³/mol. The lowest BCUT2D eigenvalue weighted by atomic mass is 9.82. The molecule has 1 aromatic heterocycles. The van der Waals surface area contributed by atoms with E-state index >= 15 is 0 Å². The topological polar surface area (TPSA) is 109 Å². The predicted octanol–water partition coefficient (Wildman–Crippen LogP) is 6.17. The number of carbonyl (C=O) groups excluding carboxylic acids is 3. The smallest absolute Gasteiger partial charge is 0.418 e. The Hall–Kier alpha value is -3.95. The van der Waals surface area contributed by atoms with E-state index in [2.05, 4.69) is 26.2 Å². The normalized spacial score (nSPS) is 19.5. The highest BCUT2D eigenvalue weighted by Crippen LogP contribution is 2.55. The van der Waals surface area contributed by atoms with Crippen LogP contribution in [0.4, 0.5) is 28.9 Å². The van der Waals surface area contributed by atoms with Gasteiger partial charge in [-0.3, -0.25) is 19.2 Å². The van der Waals surface area contributed by atoms with Crippen molar-refractivity contribution in [3.05, 3.63) is 103 Å². The molecule has 0 aliphatic carbocycles. The van der Waals surface area contributed by atoms with E-state index in [0.29, 0.717) is 30.5 Å². The SMILES string of the molecule is O=C(COc1ccc(Br)cc1C1c2sc(=O)[nH]c2SC2C(=O)N(c3ccccc3C(F)(F)F)C(=O)C21)Nc1ccc(F)cc1. The number of fused-ring (bicyclic) bond motifs is 2. The van der Waals surface area contributed by atoms with Gasteiger partial charge in [0.25, 0.3) is 5.91 Å². The van der Waals surface area contributed by atoms with Crippen LogP contribution in [0.15, 0.2) is 81.0 Å². The lowest BCUT2D eigenvalue weighted by Crippen LogP contribution is -2.33. The number of imide groups is 1. The van der Waals surface area contributed by atoms with E-state index in [1.165, 1.54) is 42.5 Å². The number of alkyl halides is 3. The van der Waals surface area contributed by atoms with Gasteiger partial charge in [0.15, 0.2) is 6.61 Å². The van der Waals surface area contributed by atoms with Crippen LogP contribution >= 0.6 is 39.0 Å². The van der Waals surface area contributed by atoms with Crippen molar-refractivity contribution in [2.45, 2.75) is 22.4 Å². The molecule has 44 heavy (non-hydrogen) atoms. The molecule has 3 heterocycles. The maximum Gasteiger partial charge on any atom is 0.418 e. The standard InChI is InChI=1S/C29H18BrF4N3O5S2/c30-13-5-10-19(42-12-20(38)35-15-8-6-14(31)7-9-15)16(11-13)21-22-24(43-25-23(21)44-28(41)36-25)27(40)37(26(22)39)18-4-2-1-3-17(18)29(32,33)34/h1-11,21-22,24H,12H2,(H,35,38)(H,36,41). The number of carbonyl (C=O) groups is 3. The maximum absolute atomic E-state index is 14.0. The number of H-pyrrole nitrogens is 1. The number of amides is 3. The molecule has 1 saturated heterocycles. The number of aromatic amines is 1. The van der Waals surface area contributed by atoms with Crippen LogP contribution in [-0.4, -0.2) is 34.6 Å². The van der Waals surface area contributed by atoms with Gasteiger partial charge in [0.05, 0.1) is 22.2 Å². The lowest BCUT2D eigenvalue weighted by Gasteiger charge is -2.31. The molecule has 1 fully saturated rings. The average Bonchev–Trinajstić information content (AvgIpc) is 3.47. The number of aromatic nitrogens is 1. The summed E-state index contributed by atoms with van der Waals surface area (Å²) in [6.45, 7) is -0.490. The highest BCUT2D eigenvalue weighted by atomic mass is 79.9. The molecule has 6 rings (SSSR count). The number of anilines is 2. The van der Waals surface area contributed by atoms with E-state index < -0.39 is 69.5 Å². The maximum atomic E-state index is 14.0. The zero-order valence-electron chi connectivity index (χ0n) is 22.0. The molecule has 2 aliphatic rings. The molecule has 3 atom stereocenters. The van der Waals surface area contributed by atoms with Gasteiger partial charge >= 0.3 is 11.0 Å². The Balaban J connectivity index is 1.38. The molecule has 0 spiro atoms. The first kappa shape index (κ1) is 30.1. The molecule has 0 saturated carbocycles. The first-order valence-corrected chi connectivity index (χ1v) is 15.3. The second kappa shape index (κ2) is 11.5. The van der Waals surface area contributed by atoms with Gasteiger partial charge in [-0.2, -0.15) is 13.2 Å². The number of thioether (sulfide) groups is 1. The van der Waals surface area contributed by atoms with Gasteiger partial charge in [-0.25, -0.2) is 9.29 Å². The minimum Gasteiger partial charge on any atom is -0.483 e. The molecule has 4 aromatic rings. The van der Waals surface area contributed by atoms with Crippen molar-refractivity contribution >= 4 is 68.1 Å². The molecular weight excluding hydrogens is 690 g/mol.